The third-order valence-corrected chi connectivity index (χ3v) is 9.81. The van der Waals surface area contributed by atoms with Gasteiger partial charge in [0.25, 0.3) is 10.0 Å². The first-order valence-electron chi connectivity index (χ1n) is 15.0. The number of benzene rings is 4. The SMILES string of the molecule is CC[C@@H](C)NC(=O)[C@H](Cc1ccccc1)N(Cc1ccc(F)cc1)C(=O)CN(c1ccc(Cl)c(C(F)(F)F)c1)S(=O)(=O)c1ccccc1. The van der Waals surface area contributed by atoms with Crippen molar-refractivity contribution in [3.05, 3.63) is 131 Å². The minimum Gasteiger partial charge on any atom is -0.352 e. The van der Waals surface area contributed by atoms with Crippen LogP contribution in [0.25, 0.3) is 0 Å². The Morgan fingerprint density at radius 3 is 2.06 bits per heavy atom. The monoisotopic (exact) mass is 703 g/mol. The van der Waals surface area contributed by atoms with Gasteiger partial charge in [0.15, 0.2) is 0 Å². The number of hydrogen-bond donors (Lipinski definition) is 1. The largest absolute Gasteiger partial charge is 0.417 e. The van der Waals surface area contributed by atoms with Crippen molar-refractivity contribution in [1.29, 1.82) is 0 Å². The predicted octanol–water partition coefficient (Wildman–Crippen LogP) is 7.25. The van der Waals surface area contributed by atoms with Crippen molar-refractivity contribution in [1.82, 2.24) is 10.2 Å². The summed E-state index contributed by atoms with van der Waals surface area (Å²) in [6, 6.07) is 22.1. The van der Waals surface area contributed by atoms with Gasteiger partial charge in [-0.05, 0) is 66.9 Å². The summed E-state index contributed by atoms with van der Waals surface area (Å²) in [5.41, 5.74) is -0.628. The van der Waals surface area contributed by atoms with E-state index in [2.05, 4.69) is 5.32 Å². The molecule has 0 radical (unpaired) electrons. The standard InChI is InChI=1S/C35H34ClF4N3O4S/c1-3-24(2)41-34(45)32(20-25-10-6-4-7-11-25)42(22-26-14-16-27(37)17-15-26)33(44)23-43(48(46,47)29-12-8-5-9-13-29)28-18-19-31(36)30(21-28)35(38,39)40/h4-19,21,24,32H,3,20,22-23H2,1-2H3,(H,41,45)/t24-,32+/m1/s1. The highest BCUT2D eigenvalue weighted by molar-refractivity contribution is 7.92. The number of hydrogen-bond acceptors (Lipinski definition) is 4. The van der Waals surface area contributed by atoms with Crippen molar-refractivity contribution in [2.45, 2.75) is 56.4 Å². The van der Waals surface area contributed by atoms with Crippen LogP contribution in [-0.4, -0.2) is 43.8 Å². The van der Waals surface area contributed by atoms with Crippen LogP contribution >= 0.6 is 11.6 Å². The van der Waals surface area contributed by atoms with Gasteiger partial charge in [0.1, 0.15) is 18.4 Å². The van der Waals surface area contributed by atoms with Crippen LogP contribution in [0.5, 0.6) is 0 Å². The summed E-state index contributed by atoms with van der Waals surface area (Å²) in [6.45, 7) is 2.44. The van der Waals surface area contributed by atoms with E-state index >= 15 is 0 Å². The van der Waals surface area contributed by atoms with Gasteiger partial charge >= 0.3 is 6.18 Å². The summed E-state index contributed by atoms with van der Waals surface area (Å²) >= 11 is 5.85. The normalized spacial score (nSPS) is 13.0. The van der Waals surface area contributed by atoms with Crippen LogP contribution in [-0.2, 0) is 38.8 Å². The number of halogens is 5. The van der Waals surface area contributed by atoms with Crippen LogP contribution in [0, 0.1) is 5.82 Å². The first-order valence-corrected chi connectivity index (χ1v) is 16.8. The molecule has 7 nitrogen and oxygen atoms in total. The van der Waals surface area contributed by atoms with Gasteiger partial charge in [0, 0.05) is 19.0 Å². The highest BCUT2D eigenvalue weighted by Crippen LogP contribution is 2.38. The fourth-order valence-corrected chi connectivity index (χ4v) is 6.57. The van der Waals surface area contributed by atoms with E-state index in [1.165, 1.54) is 53.4 Å². The fourth-order valence-electron chi connectivity index (χ4n) is 4.92. The third kappa shape index (κ3) is 9.13. The minimum absolute atomic E-state index is 0.0284. The second kappa shape index (κ2) is 15.7. The number of nitrogens with one attached hydrogen (secondary N) is 1. The van der Waals surface area contributed by atoms with Gasteiger partial charge in [-0.15, -0.1) is 0 Å². The number of rotatable bonds is 13. The van der Waals surface area contributed by atoms with E-state index in [0.717, 1.165) is 12.1 Å². The van der Waals surface area contributed by atoms with Gasteiger partial charge in [0.05, 0.1) is 21.2 Å². The van der Waals surface area contributed by atoms with E-state index in [4.69, 9.17) is 11.6 Å². The first kappa shape index (κ1) is 36.4. The smallest absolute Gasteiger partial charge is 0.352 e. The van der Waals surface area contributed by atoms with Crippen molar-refractivity contribution >= 4 is 39.1 Å². The molecular formula is C35H34ClF4N3O4S. The highest BCUT2D eigenvalue weighted by atomic mass is 35.5. The van der Waals surface area contributed by atoms with Crippen molar-refractivity contribution in [3.63, 3.8) is 0 Å². The summed E-state index contributed by atoms with van der Waals surface area (Å²) in [7, 11) is -4.64. The average molecular weight is 704 g/mol. The Bertz CT molecular complexity index is 1810. The maximum atomic E-state index is 14.4. The number of anilines is 1. The molecule has 4 aromatic carbocycles. The Hall–Kier alpha value is -4.42. The summed E-state index contributed by atoms with van der Waals surface area (Å²) < 4.78 is 84.2. The maximum absolute atomic E-state index is 14.4. The molecule has 2 amide bonds. The van der Waals surface area contributed by atoms with Gasteiger partial charge in [-0.1, -0.05) is 79.2 Å². The van der Waals surface area contributed by atoms with Gasteiger partial charge in [-0.2, -0.15) is 13.2 Å². The van der Waals surface area contributed by atoms with Crippen molar-refractivity contribution in [2.24, 2.45) is 0 Å². The average Bonchev–Trinajstić information content (AvgIpc) is 3.06. The third-order valence-electron chi connectivity index (χ3n) is 7.69. The van der Waals surface area contributed by atoms with Crippen molar-refractivity contribution in [3.8, 4) is 0 Å². The second-order valence-corrected chi connectivity index (χ2v) is 13.4. The molecule has 48 heavy (non-hydrogen) atoms. The number of nitrogens with zero attached hydrogens (tertiary/aromatic N) is 2. The Morgan fingerprint density at radius 2 is 1.48 bits per heavy atom. The van der Waals surface area contributed by atoms with E-state index < -0.39 is 62.7 Å². The molecule has 4 rings (SSSR count). The molecule has 0 bridgehead atoms. The van der Waals surface area contributed by atoms with Crippen molar-refractivity contribution < 1.29 is 35.6 Å². The molecule has 0 unspecified atom stereocenters. The molecule has 13 heteroatoms. The lowest BCUT2D eigenvalue weighted by Crippen LogP contribution is -2.54. The molecule has 2 atom stereocenters. The zero-order chi connectivity index (χ0) is 35.1. The molecule has 0 aliphatic heterocycles. The molecule has 0 heterocycles. The molecule has 0 aromatic heterocycles. The lowest BCUT2D eigenvalue weighted by Gasteiger charge is -2.34. The number of carbonyl (C=O) groups excluding carboxylic acids is 2. The first-order chi connectivity index (χ1) is 22.7. The molecule has 0 aliphatic carbocycles. The molecule has 0 fully saturated rings. The van der Waals surface area contributed by atoms with Crippen LogP contribution in [0.1, 0.15) is 37.0 Å². The Balaban J connectivity index is 1.86. The topological polar surface area (TPSA) is 86.8 Å². The second-order valence-electron chi connectivity index (χ2n) is 11.2. The van der Waals surface area contributed by atoms with Crippen molar-refractivity contribution in [2.75, 3.05) is 10.8 Å². The summed E-state index contributed by atoms with van der Waals surface area (Å²) in [5.74, 6) is -1.94. The number of alkyl halides is 3. The molecule has 0 spiro atoms. The molecule has 254 valence electrons. The zero-order valence-electron chi connectivity index (χ0n) is 26.1. The lowest BCUT2D eigenvalue weighted by atomic mass is 10.0. The Labute approximate surface area is 282 Å². The molecule has 0 saturated heterocycles. The lowest BCUT2D eigenvalue weighted by molar-refractivity contribution is -0.140. The number of amides is 2. The van der Waals surface area contributed by atoms with Crippen LogP contribution < -0.4 is 9.62 Å². The van der Waals surface area contributed by atoms with Gasteiger partial charge in [0.2, 0.25) is 11.8 Å². The summed E-state index contributed by atoms with van der Waals surface area (Å²) in [6.07, 6.45) is -4.32. The van der Waals surface area contributed by atoms with Gasteiger partial charge in [-0.3, -0.25) is 13.9 Å². The summed E-state index contributed by atoms with van der Waals surface area (Å²) in [5, 5.41) is 2.23. The molecular weight excluding hydrogens is 670 g/mol. The Morgan fingerprint density at radius 1 is 0.875 bits per heavy atom. The maximum Gasteiger partial charge on any atom is 0.417 e. The van der Waals surface area contributed by atoms with Gasteiger partial charge < -0.3 is 10.2 Å². The van der Waals surface area contributed by atoms with Crippen LogP contribution in [0.3, 0.4) is 0 Å². The number of sulfonamides is 1. The van der Waals surface area contributed by atoms with Gasteiger partial charge in [-0.25, -0.2) is 12.8 Å². The zero-order valence-corrected chi connectivity index (χ0v) is 27.7. The highest BCUT2D eigenvalue weighted by Gasteiger charge is 2.37. The molecule has 0 saturated carbocycles. The quantitative estimate of drug-likeness (QED) is 0.149. The fraction of sp³-hybridized carbons (Fsp3) is 0.257. The molecule has 4 aromatic rings. The van der Waals surface area contributed by atoms with E-state index in [-0.39, 0.29) is 23.9 Å². The van der Waals surface area contributed by atoms with E-state index in [0.29, 0.717) is 27.9 Å². The Kier molecular flexibility index (Phi) is 11.9. The van der Waals surface area contributed by atoms with Crippen LogP contribution in [0.15, 0.2) is 108 Å². The van der Waals surface area contributed by atoms with Crippen LogP contribution in [0.2, 0.25) is 5.02 Å². The van der Waals surface area contributed by atoms with E-state index in [9.17, 15) is 35.6 Å². The molecule has 1 N–H and O–H groups in total. The number of carbonyl (C=O) groups is 2. The molecule has 0 aliphatic rings. The van der Waals surface area contributed by atoms with E-state index in [1.807, 2.05) is 6.92 Å². The minimum atomic E-state index is -4.93. The van der Waals surface area contributed by atoms with Crippen LogP contribution in [0.4, 0.5) is 23.2 Å². The predicted molar refractivity (Wildman–Crippen MR) is 176 cm³/mol. The van der Waals surface area contributed by atoms with E-state index in [1.54, 1.807) is 43.3 Å². The summed E-state index contributed by atoms with van der Waals surface area (Å²) in [4.78, 5) is 29.2.